The Morgan fingerprint density at radius 1 is 1.17 bits per heavy atom. The molecule has 2 heteroatoms. The van der Waals surface area contributed by atoms with Gasteiger partial charge in [0, 0.05) is 8.22 Å². The minimum atomic E-state index is -3.22. The van der Waals surface area contributed by atoms with Crippen molar-refractivity contribution in [1.82, 2.24) is 0 Å². The van der Waals surface area contributed by atoms with Gasteiger partial charge in [0.05, 0.1) is 13.6 Å². The fourth-order valence-electron chi connectivity index (χ4n) is 7.63. The molecule has 3 saturated carbocycles. The SMILES string of the molecule is [2H]C1([2H])C2=CC[C@H]3[C@@H]4CC[C@H]([C@H](C)CCC(O)C(C)C)[C@@]4(C)CC[C@@H]3[C@@]2(C)C([2H])([2H])C([2H])([2H])C1([2H])O. The van der Waals surface area contributed by atoms with Gasteiger partial charge in [0.25, 0.3) is 0 Å². The summed E-state index contributed by atoms with van der Waals surface area (Å²) >= 11 is 0. The zero-order valence-electron chi connectivity index (χ0n) is 26.0. The topological polar surface area (TPSA) is 40.5 Å². The average Bonchev–Trinajstić information content (AvgIpc) is 3.13. The molecule has 4 aliphatic rings. The molecule has 0 radical (unpaired) electrons. The number of aliphatic hydroxyl groups excluding tert-OH is 1. The second-order valence-corrected chi connectivity index (χ2v) is 11.3. The molecule has 0 spiro atoms. The molecule has 0 aromatic rings. The Morgan fingerprint density at radius 3 is 2.66 bits per heavy atom. The monoisotopic (exact) mass is 409 g/mol. The first-order valence-corrected chi connectivity index (χ1v) is 11.9. The van der Waals surface area contributed by atoms with E-state index < -0.39 is 30.6 Å². The van der Waals surface area contributed by atoms with Gasteiger partial charge in [0.2, 0.25) is 0 Å². The van der Waals surface area contributed by atoms with Crippen molar-refractivity contribution in [2.24, 2.45) is 46.3 Å². The smallest absolute Gasteiger partial charge is 0.0604 e. The summed E-state index contributed by atoms with van der Waals surface area (Å²) in [5, 5.41) is 21.1. The van der Waals surface area contributed by atoms with Gasteiger partial charge in [0.1, 0.15) is 0 Å². The Bertz CT molecular complexity index is 901. The van der Waals surface area contributed by atoms with Gasteiger partial charge < -0.3 is 10.2 Å². The highest BCUT2D eigenvalue weighted by atomic mass is 16.3. The van der Waals surface area contributed by atoms with Gasteiger partial charge in [-0.15, -0.1) is 0 Å². The second-order valence-electron chi connectivity index (χ2n) is 11.3. The normalized spacial score (nSPS) is 57.8. The molecular weight excluding hydrogens is 356 g/mol. The van der Waals surface area contributed by atoms with E-state index in [1.807, 2.05) is 13.8 Å². The van der Waals surface area contributed by atoms with Crippen molar-refractivity contribution < 1.29 is 19.8 Å². The van der Waals surface area contributed by atoms with E-state index >= 15 is 0 Å². The van der Waals surface area contributed by atoms with E-state index in [9.17, 15) is 10.2 Å². The molecule has 9 atom stereocenters. The summed E-state index contributed by atoms with van der Waals surface area (Å²) in [5.41, 5.74) is -1.29. The van der Waals surface area contributed by atoms with Crippen molar-refractivity contribution in [2.45, 2.75) is 111 Å². The highest BCUT2D eigenvalue weighted by Gasteiger charge is 2.59. The van der Waals surface area contributed by atoms with Gasteiger partial charge in [-0.2, -0.15) is 0 Å². The predicted molar refractivity (Wildman–Crippen MR) is 120 cm³/mol. The van der Waals surface area contributed by atoms with Crippen LogP contribution in [0.3, 0.4) is 0 Å². The Labute approximate surface area is 189 Å². The third-order valence-electron chi connectivity index (χ3n) is 9.47. The Kier molecular flexibility index (Phi) is 4.03. The summed E-state index contributed by atoms with van der Waals surface area (Å²) < 4.78 is 60.4. The first kappa shape index (κ1) is 14.7. The molecule has 4 rings (SSSR count). The minimum absolute atomic E-state index is 0.0723. The zero-order chi connectivity index (χ0) is 27.3. The molecule has 0 saturated heterocycles. The fourth-order valence-corrected chi connectivity index (χ4v) is 7.63. The van der Waals surface area contributed by atoms with Crippen molar-refractivity contribution >= 4 is 0 Å². The lowest BCUT2D eigenvalue weighted by atomic mass is 9.47. The number of fused-ring (bicyclic) bond motifs is 5. The Balaban J connectivity index is 1.67. The molecule has 0 aromatic carbocycles. The van der Waals surface area contributed by atoms with Gasteiger partial charge >= 0.3 is 0 Å². The summed E-state index contributed by atoms with van der Waals surface area (Å²) in [7, 11) is 0. The molecular formula is C27H46O2. The van der Waals surface area contributed by atoms with E-state index in [2.05, 4.69) is 13.8 Å². The largest absolute Gasteiger partial charge is 0.393 e. The van der Waals surface area contributed by atoms with Gasteiger partial charge in [-0.3, -0.25) is 0 Å². The Hall–Kier alpha value is -0.340. The van der Waals surface area contributed by atoms with Crippen molar-refractivity contribution in [3.8, 4) is 0 Å². The average molecular weight is 410 g/mol. The summed E-state index contributed by atoms with van der Waals surface area (Å²) in [5.74, 6) is 1.45. The number of hydrogen-bond donors (Lipinski definition) is 2. The van der Waals surface area contributed by atoms with E-state index in [1.54, 1.807) is 13.0 Å². The van der Waals surface area contributed by atoms with Gasteiger partial charge in [-0.1, -0.05) is 46.3 Å². The van der Waals surface area contributed by atoms with Crippen molar-refractivity contribution in [3.05, 3.63) is 11.6 Å². The second kappa shape index (κ2) is 7.97. The maximum Gasteiger partial charge on any atom is 0.0604 e. The van der Waals surface area contributed by atoms with Crippen LogP contribution in [-0.2, 0) is 0 Å². The highest BCUT2D eigenvalue weighted by molar-refractivity contribution is 5.25. The standard InChI is InChI=1S/C27H46O2/c1-17(2)25(29)11-6-18(3)22-9-10-23-21-8-7-19-16-20(28)12-14-26(19,4)24(21)13-15-27(22,23)5/h7,17-18,20-25,28-29H,6,8-16H2,1-5H3/t18-,20?,21+,22-,23+,24+,25?,26+,27-/m1/s1/i12D2,14D2,16D2,20D. The molecule has 166 valence electrons. The van der Waals surface area contributed by atoms with Crippen LogP contribution >= 0.6 is 0 Å². The molecule has 0 heterocycles. The van der Waals surface area contributed by atoms with Crippen molar-refractivity contribution in [1.29, 1.82) is 0 Å². The first-order valence-electron chi connectivity index (χ1n) is 15.4. The van der Waals surface area contributed by atoms with Crippen LogP contribution < -0.4 is 0 Å². The van der Waals surface area contributed by atoms with E-state index in [4.69, 9.17) is 9.60 Å². The molecule has 3 fully saturated rings. The lowest BCUT2D eigenvalue weighted by molar-refractivity contribution is -0.0579. The number of hydrogen-bond acceptors (Lipinski definition) is 2. The molecule has 4 aliphatic carbocycles. The van der Waals surface area contributed by atoms with Crippen LogP contribution in [0.2, 0.25) is 0 Å². The molecule has 0 bridgehead atoms. The van der Waals surface area contributed by atoms with E-state index in [-0.39, 0.29) is 34.8 Å². The van der Waals surface area contributed by atoms with E-state index in [1.165, 1.54) is 0 Å². The lowest BCUT2D eigenvalue weighted by Crippen LogP contribution is -2.50. The van der Waals surface area contributed by atoms with Crippen LogP contribution in [0.4, 0.5) is 0 Å². The molecule has 29 heavy (non-hydrogen) atoms. The van der Waals surface area contributed by atoms with Gasteiger partial charge in [0.15, 0.2) is 0 Å². The third-order valence-corrected chi connectivity index (χ3v) is 9.47. The number of aliphatic hydroxyl groups is 2. The van der Waals surface area contributed by atoms with E-state index in [0.717, 1.165) is 32.1 Å². The first-order chi connectivity index (χ1) is 16.3. The van der Waals surface area contributed by atoms with Crippen LogP contribution in [0.15, 0.2) is 11.6 Å². The molecule has 2 unspecified atom stereocenters. The highest BCUT2D eigenvalue weighted by Crippen LogP contribution is 2.67. The fraction of sp³-hybridized carbons (Fsp3) is 0.926. The van der Waals surface area contributed by atoms with Crippen molar-refractivity contribution in [3.63, 3.8) is 0 Å². The van der Waals surface area contributed by atoms with Crippen LogP contribution in [0, 0.1) is 46.3 Å². The zero-order valence-corrected chi connectivity index (χ0v) is 19.0. The Morgan fingerprint density at radius 2 is 1.93 bits per heavy atom. The molecule has 0 amide bonds. The quantitative estimate of drug-likeness (QED) is 0.519. The maximum atomic E-state index is 10.7. The molecule has 2 N–H and O–H groups in total. The molecule has 0 aromatic heterocycles. The van der Waals surface area contributed by atoms with Gasteiger partial charge in [-0.05, 0) is 110 Å². The summed E-state index contributed by atoms with van der Waals surface area (Å²) in [6.07, 6.45) is -4.11. The predicted octanol–water partition coefficient (Wildman–Crippen LogP) is 6.36. The lowest BCUT2D eigenvalue weighted by Gasteiger charge is -2.58. The van der Waals surface area contributed by atoms with Crippen LogP contribution in [-0.4, -0.2) is 22.4 Å². The number of allylic oxidation sites excluding steroid dienone is 1. The third kappa shape index (κ3) is 3.65. The number of rotatable bonds is 5. The van der Waals surface area contributed by atoms with E-state index in [0.29, 0.717) is 30.6 Å². The molecule has 2 nitrogen and oxygen atoms in total. The molecule has 0 aliphatic heterocycles. The van der Waals surface area contributed by atoms with Gasteiger partial charge in [-0.25, -0.2) is 0 Å². The van der Waals surface area contributed by atoms with Crippen LogP contribution in [0.5, 0.6) is 0 Å². The minimum Gasteiger partial charge on any atom is -0.393 e. The van der Waals surface area contributed by atoms with Crippen LogP contribution in [0.1, 0.15) is 108 Å². The van der Waals surface area contributed by atoms with Crippen LogP contribution in [0.25, 0.3) is 0 Å². The summed E-state index contributed by atoms with van der Waals surface area (Å²) in [6, 6.07) is 0. The maximum absolute atomic E-state index is 10.7. The summed E-state index contributed by atoms with van der Waals surface area (Å²) in [6.45, 7) is 10.4. The van der Waals surface area contributed by atoms with Crippen molar-refractivity contribution in [2.75, 3.05) is 0 Å². The summed E-state index contributed by atoms with van der Waals surface area (Å²) in [4.78, 5) is 0.